The Bertz CT molecular complexity index is 299. The molecule has 0 unspecified atom stereocenters. The van der Waals surface area contributed by atoms with Crippen LogP contribution < -0.4 is 0 Å². The molecule has 0 aliphatic heterocycles. The average molecular weight is 210 g/mol. The van der Waals surface area contributed by atoms with Crippen molar-refractivity contribution < 1.29 is 4.79 Å². The van der Waals surface area contributed by atoms with Gasteiger partial charge in [-0.15, -0.1) is 11.3 Å². The zero-order valence-corrected chi connectivity index (χ0v) is 9.99. The Morgan fingerprint density at radius 2 is 2.21 bits per heavy atom. The normalized spacial score (nSPS) is 10.9. The molecule has 2 heteroatoms. The fourth-order valence-electron chi connectivity index (χ4n) is 1.39. The van der Waals surface area contributed by atoms with Crippen molar-refractivity contribution >= 4 is 17.1 Å². The number of hydrogen-bond donors (Lipinski definition) is 0. The quantitative estimate of drug-likeness (QED) is 0.673. The molecule has 0 fully saturated rings. The third-order valence-electron chi connectivity index (χ3n) is 2.33. The molecule has 1 aromatic rings. The van der Waals surface area contributed by atoms with Gasteiger partial charge in [0.25, 0.3) is 0 Å². The molecule has 0 atom stereocenters. The number of thiophene rings is 1. The summed E-state index contributed by atoms with van der Waals surface area (Å²) < 4.78 is 0. The van der Waals surface area contributed by atoms with Gasteiger partial charge in [-0.05, 0) is 35.8 Å². The lowest BCUT2D eigenvalue weighted by molar-refractivity contribution is 0.0978. The molecule has 78 valence electrons. The minimum absolute atomic E-state index is 0.325. The van der Waals surface area contributed by atoms with Crippen LogP contribution in [0.5, 0.6) is 0 Å². The standard InChI is InChI=1S/C12H18OS/c1-4-10-7-8-14-12(10)11(13)6-5-9(2)3/h7-9H,4-6H2,1-3H3. The molecular formula is C12H18OS. The Balaban J connectivity index is 2.60. The van der Waals surface area contributed by atoms with Gasteiger partial charge in [0.05, 0.1) is 4.88 Å². The molecule has 0 aliphatic rings. The molecule has 0 N–H and O–H groups in total. The first-order valence-corrected chi connectivity index (χ1v) is 6.12. The van der Waals surface area contributed by atoms with Gasteiger partial charge in [-0.2, -0.15) is 0 Å². The highest BCUT2D eigenvalue weighted by atomic mass is 32.1. The first-order valence-electron chi connectivity index (χ1n) is 5.24. The van der Waals surface area contributed by atoms with Gasteiger partial charge in [0.1, 0.15) is 0 Å². The predicted molar refractivity (Wildman–Crippen MR) is 62.1 cm³/mol. The van der Waals surface area contributed by atoms with Gasteiger partial charge in [0.15, 0.2) is 5.78 Å². The average Bonchev–Trinajstić information content (AvgIpc) is 2.61. The molecule has 1 rings (SSSR count). The molecule has 0 aliphatic carbocycles. The van der Waals surface area contributed by atoms with E-state index >= 15 is 0 Å². The number of Topliss-reactive ketones (excluding diaryl/α,β-unsaturated/α-hetero) is 1. The van der Waals surface area contributed by atoms with E-state index in [0.717, 1.165) is 17.7 Å². The summed E-state index contributed by atoms with van der Waals surface area (Å²) in [4.78, 5) is 12.8. The number of carbonyl (C=O) groups excluding carboxylic acids is 1. The van der Waals surface area contributed by atoms with Crippen LogP contribution in [0.4, 0.5) is 0 Å². The smallest absolute Gasteiger partial charge is 0.173 e. The maximum Gasteiger partial charge on any atom is 0.173 e. The monoisotopic (exact) mass is 210 g/mol. The van der Waals surface area contributed by atoms with Crippen LogP contribution in [0.2, 0.25) is 0 Å². The van der Waals surface area contributed by atoms with Gasteiger partial charge in [0, 0.05) is 6.42 Å². The second-order valence-electron chi connectivity index (χ2n) is 3.98. The highest BCUT2D eigenvalue weighted by molar-refractivity contribution is 7.12. The largest absolute Gasteiger partial charge is 0.293 e. The second-order valence-corrected chi connectivity index (χ2v) is 4.90. The zero-order valence-electron chi connectivity index (χ0n) is 9.17. The highest BCUT2D eigenvalue weighted by Gasteiger charge is 2.11. The van der Waals surface area contributed by atoms with Crippen molar-refractivity contribution in [1.29, 1.82) is 0 Å². The van der Waals surface area contributed by atoms with Gasteiger partial charge < -0.3 is 0 Å². The highest BCUT2D eigenvalue weighted by Crippen LogP contribution is 2.20. The lowest BCUT2D eigenvalue weighted by Gasteiger charge is -2.03. The topological polar surface area (TPSA) is 17.1 Å². The lowest BCUT2D eigenvalue weighted by Crippen LogP contribution is -2.01. The first kappa shape index (κ1) is 11.4. The molecule has 1 aromatic heterocycles. The molecule has 0 spiro atoms. The number of rotatable bonds is 5. The summed E-state index contributed by atoms with van der Waals surface area (Å²) in [5.74, 6) is 0.939. The summed E-state index contributed by atoms with van der Waals surface area (Å²) in [5.41, 5.74) is 1.21. The molecule has 0 saturated carbocycles. The van der Waals surface area contributed by atoms with Gasteiger partial charge >= 0.3 is 0 Å². The summed E-state index contributed by atoms with van der Waals surface area (Å²) >= 11 is 1.58. The third kappa shape index (κ3) is 2.95. The predicted octanol–water partition coefficient (Wildman–Crippen LogP) is 3.93. The molecule has 0 saturated heterocycles. The van der Waals surface area contributed by atoms with E-state index in [2.05, 4.69) is 26.8 Å². The molecule has 0 aromatic carbocycles. The van der Waals surface area contributed by atoms with Gasteiger partial charge in [-0.25, -0.2) is 0 Å². The first-order chi connectivity index (χ1) is 6.65. The Morgan fingerprint density at radius 3 is 2.79 bits per heavy atom. The lowest BCUT2D eigenvalue weighted by atomic mass is 10.0. The van der Waals surface area contributed by atoms with Gasteiger partial charge in [0.2, 0.25) is 0 Å². The Morgan fingerprint density at radius 1 is 1.50 bits per heavy atom. The van der Waals surface area contributed by atoms with Crippen LogP contribution in [0, 0.1) is 5.92 Å². The zero-order chi connectivity index (χ0) is 10.6. The summed E-state index contributed by atoms with van der Waals surface area (Å²) in [6.45, 7) is 6.41. The Hall–Kier alpha value is -0.630. The van der Waals surface area contributed by atoms with Crippen LogP contribution in [-0.4, -0.2) is 5.78 Å². The molecule has 0 amide bonds. The van der Waals surface area contributed by atoms with E-state index in [4.69, 9.17) is 0 Å². The maximum atomic E-state index is 11.8. The van der Waals surface area contributed by atoms with Crippen molar-refractivity contribution in [1.82, 2.24) is 0 Å². The number of aryl methyl sites for hydroxylation is 1. The Kier molecular flexibility index (Phi) is 4.33. The van der Waals surface area contributed by atoms with Crippen molar-refractivity contribution in [2.75, 3.05) is 0 Å². The van der Waals surface area contributed by atoms with Gasteiger partial charge in [-0.1, -0.05) is 20.8 Å². The molecule has 14 heavy (non-hydrogen) atoms. The van der Waals surface area contributed by atoms with E-state index in [-0.39, 0.29) is 0 Å². The maximum absolute atomic E-state index is 11.8. The number of carbonyl (C=O) groups is 1. The minimum atomic E-state index is 0.325. The fraction of sp³-hybridized carbons (Fsp3) is 0.583. The van der Waals surface area contributed by atoms with E-state index in [1.54, 1.807) is 11.3 Å². The summed E-state index contributed by atoms with van der Waals surface area (Å²) in [5, 5.41) is 2.02. The van der Waals surface area contributed by atoms with Gasteiger partial charge in [-0.3, -0.25) is 4.79 Å². The van der Waals surface area contributed by atoms with Crippen LogP contribution >= 0.6 is 11.3 Å². The minimum Gasteiger partial charge on any atom is -0.293 e. The molecule has 1 nitrogen and oxygen atoms in total. The van der Waals surface area contributed by atoms with Crippen molar-refractivity contribution in [2.24, 2.45) is 5.92 Å². The van der Waals surface area contributed by atoms with Crippen LogP contribution in [0.3, 0.4) is 0 Å². The van der Waals surface area contributed by atoms with Crippen molar-refractivity contribution in [3.05, 3.63) is 21.9 Å². The van der Waals surface area contributed by atoms with Crippen LogP contribution in [0.1, 0.15) is 48.8 Å². The number of hydrogen-bond acceptors (Lipinski definition) is 2. The van der Waals surface area contributed by atoms with E-state index in [9.17, 15) is 4.79 Å². The summed E-state index contributed by atoms with van der Waals surface area (Å²) in [7, 11) is 0. The van der Waals surface area contributed by atoms with Crippen molar-refractivity contribution in [3.63, 3.8) is 0 Å². The summed E-state index contributed by atoms with van der Waals surface area (Å²) in [6.07, 6.45) is 2.66. The third-order valence-corrected chi connectivity index (χ3v) is 3.33. The van der Waals surface area contributed by atoms with E-state index in [0.29, 0.717) is 18.1 Å². The van der Waals surface area contributed by atoms with Crippen molar-refractivity contribution in [3.8, 4) is 0 Å². The van der Waals surface area contributed by atoms with E-state index < -0.39 is 0 Å². The second kappa shape index (κ2) is 5.30. The van der Waals surface area contributed by atoms with E-state index in [1.807, 2.05) is 5.38 Å². The Labute approximate surface area is 90.2 Å². The van der Waals surface area contributed by atoms with E-state index in [1.165, 1.54) is 5.56 Å². The molecule has 1 heterocycles. The number of ketones is 1. The van der Waals surface area contributed by atoms with Crippen LogP contribution in [-0.2, 0) is 6.42 Å². The SMILES string of the molecule is CCc1ccsc1C(=O)CCC(C)C. The van der Waals surface area contributed by atoms with Crippen LogP contribution in [0.25, 0.3) is 0 Å². The van der Waals surface area contributed by atoms with Crippen molar-refractivity contribution in [2.45, 2.75) is 40.0 Å². The molecular weight excluding hydrogens is 192 g/mol. The summed E-state index contributed by atoms with van der Waals surface area (Å²) in [6, 6.07) is 2.06. The fourth-order valence-corrected chi connectivity index (χ4v) is 2.36. The molecule has 0 radical (unpaired) electrons. The van der Waals surface area contributed by atoms with Crippen LogP contribution in [0.15, 0.2) is 11.4 Å². The molecule has 0 bridgehead atoms.